The zero-order chi connectivity index (χ0) is 21.9. The summed E-state index contributed by atoms with van der Waals surface area (Å²) in [5.74, 6) is -1.93. The van der Waals surface area contributed by atoms with Gasteiger partial charge in [-0.3, -0.25) is 14.5 Å². The number of ether oxygens (including phenoxy) is 1. The molecule has 0 fully saturated rings. The number of amides is 2. The number of benzene rings is 2. The highest BCUT2D eigenvalue weighted by Gasteiger charge is 2.37. The maximum absolute atomic E-state index is 14.6. The maximum atomic E-state index is 14.6. The van der Waals surface area contributed by atoms with E-state index < -0.39 is 23.4 Å². The van der Waals surface area contributed by atoms with Crippen molar-refractivity contribution in [1.82, 2.24) is 19.7 Å². The molecule has 3 heterocycles. The number of rotatable bonds is 3. The normalized spacial score (nSPS) is 13.2. The average Bonchev–Trinajstić information content (AvgIpc) is 3.25. The summed E-state index contributed by atoms with van der Waals surface area (Å²) in [6.07, 6.45) is 1.28. The lowest BCUT2D eigenvalue weighted by molar-refractivity contribution is 0.0693. The van der Waals surface area contributed by atoms with Crippen molar-refractivity contribution in [2.45, 2.75) is 0 Å². The molecule has 2 amide bonds. The predicted octanol–water partition coefficient (Wildman–Crippen LogP) is 3.60. The van der Waals surface area contributed by atoms with Crippen LogP contribution in [0.25, 0.3) is 28.0 Å². The van der Waals surface area contributed by atoms with Crippen LogP contribution in [0.5, 0.6) is 5.75 Å². The Labute approximate surface area is 174 Å². The molecule has 7 nitrogen and oxygen atoms in total. The molecule has 31 heavy (non-hydrogen) atoms. The molecule has 0 atom stereocenters. The minimum absolute atomic E-state index is 0.0382. The van der Waals surface area contributed by atoms with E-state index in [1.807, 2.05) is 0 Å². The van der Waals surface area contributed by atoms with Crippen molar-refractivity contribution in [2.75, 3.05) is 14.2 Å². The number of carbonyl (C=O) groups excluding carboxylic acids is 2. The summed E-state index contributed by atoms with van der Waals surface area (Å²) in [7, 11) is 2.92. The van der Waals surface area contributed by atoms with E-state index in [2.05, 4.69) is 10.1 Å². The largest absolute Gasteiger partial charge is 0.497 e. The van der Waals surface area contributed by atoms with Crippen molar-refractivity contribution in [1.29, 1.82) is 0 Å². The standard InChI is InChI=1S/C22H14F2N4O3/c1-27-21(29)14-10-25-20-18(17(14)22(27)30)19(11-3-6-13(31-2)7-4-11)26-28(20)16-8-5-12(23)9-15(16)24/h3-10H,1-2H3. The van der Waals surface area contributed by atoms with Crippen LogP contribution in [-0.4, -0.2) is 45.6 Å². The zero-order valence-corrected chi connectivity index (χ0v) is 16.4. The van der Waals surface area contributed by atoms with Crippen LogP contribution in [0.4, 0.5) is 8.78 Å². The van der Waals surface area contributed by atoms with E-state index in [0.29, 0.717) is 22.4 Å². The fourth-order valence-electron chi connectivity index (χ4n) is 3.68. The van der Waals surface area contributed by atoms with Gasteiger partial charge in [-0.25, -0.2) is 18.4 Å². The predicted molar refractivity (Wildman–Crippen MR) is 107 cm³/mol. The second kappa shape index (κ2) is 6.69. The van der Waals surface area contributed by atoms with Crippen molar-refractivity contribution >= 4 is 22.8 Å². The molecule has 0 saturated carbocycles. The number of methoxy groups -OCH3 is 1. The van der Waals surface area contributed by atoms with Crippen LogP contribution in [-0.2, 0) is 0 Å². The first-order valence-corrected chi connectivity index (χ1v) is 9.24. The van der Waals surface area contributed by atoms with Gasteiger partial charge in [0, 0.05) is 24.9 Å². The highest BCUT2D eigenvalue weighted by Crippen LogP contribution is 2.37. The number of carbonyl (C=O) groups is 2. The highest BCUT2D eigenvalue weighted by molar-refractivity contribution is 6.27. The quantitative estimate of drug-likeness (QED) is 0.474. The van der Waals surface area contributed by atoms with Gasteiger partial charge in [-0.2, -0.15) is 5.10 Å². The molecule has 0 saturated heterocycles. The number of aromatic nitrogens is 3. The van der Waals surface area contributed by atoms with Gasteiger partial charge >= 0.3 is 0 Å². The maximum Gasteiger partial charge on any atom is 0.262 e. The van der Waals surface area contributed by atoms with Crippen LogP contribution >= 0.6 is 0 Å². The molecule has 154 valence electrons. The fraction of sp³-hybridized carbons (Fsp3) is 0.0909. The fourth-order valence-corrected chi connectivity index (χ4v) is 3.68. The molecule has 0 aliphatic carbocycles. The van der Waals surface area contributed by atoms with Gasteiger partial charge in [0.2, 0.25) is 0 Å². The van der Waals surface area contributed by atoms with E-state index in [1.54, 1.807) is 24.3 Å². The first-order chi connectivity index (χ1) is 14.9. The zero-order valence-electron chi connectivity index (χ0n) is 16.4. The van der Waals surface area contributed by atoms with Crippen molar-refractivity contribution in [3.05, 3.63) is 71.4 Å². The van der Waals surface area contributed by atoms with Gasteiger partial charge in [-0.1, -0.05) is 0 Å². The van der Waals surface area contributed by atoms with Crippen LogP contribution < -0.4 is 4.74 Å². The smallest absolute Gasteiger partial charge is 0.262 e. The highest BCUT2D eigenvalue weighted by atomic mass is 19.1. The summed E-state index contributed by atoms with van der Waals surface area (Å²) in [6, 6.07) is 9.98. The van der Waals surface area contributed by atoms with E-state index in [4.69, 9.17) is 4.74 Å². The van der Waals surface area contributed by atoms with Gasteiger partial charge in [-0.15, -0.1) is 0 Å². The molecule has 1 aliphatic heterocycles. The lowest BCUT2D eigenvalue weighted by atomic mass is 10.0. The van der Waals surface area contributed by atoms with Crippen LogP contribution in [0.1, 0.15) is 20.7 Å². The average molecular weight is 420 g/mol. The molecule has 2 aromatic heterocycles. The third kappa shape index (κ3) is 2.70. The third-order valence-electron chi connectivity index (χ3n) is 5.25. The number of hydrogen-bond donors (Lipinski definition) is 0. The molecule has 4 aromatic rings. The van der Waals surface area contributed by atoms with E-state index >= 15 is 0 Å². The van der Waals surface area contributed by atoms with Crippen LogP contribution in [0.15, 0.2) is 48.7 Å². The van der Waals surface area contributed by atoms with Gasteiger partial charge in [0.05, 0.1) is 23.6 Å². The third-order valence-corrected chi connectivity index (χ3v) is 5.25. The second-order valence-electron chi connectivity index (χ2n) is 7.00. The molecule has 2 aromatic carbocycles. The molecular weight excluding hydrogens is 406 g/mol. The first-order valence-electron chi connectivity index (χ1n) is 9.24. The van der Waals surface area contributed by atoms with E-state index in [-0.39, 0.29) is 22.5 Å². The summed E-state index contributed by atoms with van der Waals surface area (Å²) in [5.41, 5.74) is 1.38. The molecule has 1 aliphatic rings. The molecule has 0 spiro atoms. The monoisotopic (exact) mass is 420 g/mol. The van der Waals surface area contributed by atoms with Gasteiger partial charge in [0.15, 0.2) is 11.5 Å². The van der Waals surface area contributed by atoms with Crippen LogP contribution in [0, 0.1) is 11.6 Å². The SMILES string of the molecule is COc1ccc(-c2nn(-c3ccc(F)cc3F)c3ncc4c(c23)C(=O)N(C)C4=O)cc1. The molecule has 0 N–H and O–H groups in total. The number of pyridine rings is 1. The molecule has 0 radical (unpaired) electrons. The molecule has 0 bridgehead atoms. The summed E-state index contributed by atoms with van der Waals surface area (Å²) in [5, 5.41) is 4.82. The van der Waals surface area contributed by atoms with Crippen LogP contribution in [0.3, 0.4) is 0 Å². The van der Waals surface area contributed by atoms with Gasteiger partial charge in [-0.05, 0) is 36.4 Å². The Balaban J connectivity index is 1.87. The van der Waals surface area contributed by atoms with Crippen molar-refractivity contribution in [2.24, 2.45) is 0 Å². The number of fused-ring (bicyclic) bond motifs is 3. The minimum atomic E-state index is -0.840. The Morgan fingerprint density at radius 2 is 1.74 bits per heavy atom. The van der Waals surface area contributed by atoms with Crippen molar-refractivity contribution < 1.29 is 23.1 Å². The summed E-state index contributed by atoms with van der Waals surface area (Å²) in [4.78, 5) is 30.6. The number of nitrogens with zero attached hydrogens (tertiary/aromatic N) is 4. The summed E-state index contributed by atoms with van der Waals surface area (Å²) >= 11 is 0. The Morgan fingerprint density at radius 1 is 1.00 bits per heavy atom. The van der Waals surface area contributed by atoms with Crippen molar-refractivity contribution in [3.63, 3.8) is 0 Å². The Bertz CT molecular complexity index is 1400. The topological polar surface area (TPSA) is 77.3 Å². The second-order valence-corrected chi connectivity index (χ2v) is 7.00. The van der Waals surface area contributed by atoms with Gasteiger partial charge in [0.25, 0.3) is 11.8 Å². The Kier molecular flexibility index (Phi) is 4.07. The molecular formula is C22H14F2N4O3. The Hall–Kier alpha value is -4.14. The number of imide groups is 1. The van der Waals surface area contributed by atoms with Gasteiger partial charge in [0.1, 0.15) is 22.9 Å². The first kappa shape index (κ1) is 18.9. The van der Waals surface area contributed by atoms with Gasteiger partial charge < -0.3 is 4.74 Å². The lowest BCUT2D eigenvalue weighted by Gasteiger charge is -2.05. The minimum Gasteiger partial charge on any atom is -0.497 e. The van der Waals surface area contributed by atoms with E-state index in [1.165, 1.54) is 31.1 Å². The van der Waals surface area contributed by atoms with Crippen molar-refractivity contribution in [3.8, 4) is 22.7 Å². The molecule has 9 heteroatoms. The van der Waals surface area contributed by atoms with Crippen LogP contribution in [0.2, 0.25) is 0 Å². The summed E-state index contributed by atoms with van der Waals surface area (Å²) in [6.45, 7) is 0. The summed E-state index contributed by atoms with van der Waals surface area (Å²) < 4.78 is 34.4. The van der Waals surface area contributed by atoms with E-state index in [9.17, 15) is 18.4 Å². The lowest BCUT2D eigenvalue weighted by Crippen LogP contribution is -2.24. The Morgan fingerprint density at radius 3 is 2.42 bits per heavy atom. The number of hydrogen-bond acceptors (Lipinski definition) is 5. The van der Waals surface area contributed by atoms with E-state index in [0.717, 1.165) is 17.0 Å². The molecule has 5 rings (SSSR count). The number of halogens is 2. The molecule has 0 unspecified atom stereocenters.